The summed E-state index contributed by atoms with van der Waals surface area (Å²) in [6.45, 7) is 12.8. The summed E-state index contributed by atoms with van der Waals surface area (Å²) >= 11 is 0. The molecule has 0 bridgehead atoms. The van der Waals surface area contributed by atoms with E-state index in [0.717, 1.165) is 22.4 Å². The molecule has 0 saturated heterocycles. The Bertz CT molecular complexity index is 1710. The molecule has 2 aromatic heterocycles. The van der Waals surface area contributed by atoms with E-state index in [2.05, 4.69) is 64.1 Å². The number of nitrogens with zero attached hydrogens (tertiary/aromatic N) is 2. The first-order valence-electron chi connectivity index (χ1n) is 13.2. The van der Waals surface area contributed by atoms with Crippen LogP contribution in [-0.4, -0.2) is 26.8 Å². The standard InChI is InChI=1S/C33H33N3O4/c1-32(2,3)23-10-7-20(8-11-23)30(37)35-28-26-17-21(9-16-27(26)40-29(28)31(38)39)22-18-34-36(19-22)25-14-12-24(13-15-25)33(4,5)6/h7-19H,1-6H3,(H,35,37)(H,38,39). The van der Waals surface area contributed by atoms with Gasteiger partial charge in [0.25, 0.3) is 5.91 Å². The normalized spacial score (nSPS) is 12.1. The highest BCUT2D eigenvalue weighted by atomic mass is 16.4. The molecule has 0 aliphatic heterocycles. The lowest BCUT2D eigenvalue weighted by Gasteiger charge is -2.19. The molecule has 1 amide bonds. The summed E-state index contributed by atoms with van der Waals surface area (Å²) in [4.78, 5) is 25.1. The Morgan fingerprint density at radius 1 is 0.825 bits per heavy atom. The van der Waals surface area contributed by atoms with Crippen LogP contribution < -0.4 is 5.32 Å². The van der Waals surface area contributed by atoms with E-state index in [1.165, 1.54) is 5.56 Å². The third kappa shape index (κ3) is 5.27. The van der Waals surface area contributed by atoms with E-state index in [1.807, 2.05) is 42.6 Å². The Balaban J connectivity index is 1.47. The number of hydrogen-bond acceptors (Lipinski definition) is 4. The summed E-state index contributed by atoms with van der Waals surface area (Å²) in [6, 6.07) is 21.0. The van der Waals surface area contributed by atoms with Crippen LogP contribution in [0.15, 0.2) is 83.5 Å². The molecule has 0 spiro atoms. The van der Waals surface area contributed by atoms with Crippen molar-refractivity contribution in [2.24, 2.45) is 0 Å². The maximum absolute atomic E-state index is 13.1. The SMILES string of the molecule is CC(C)(C)c1ccc(C(=O)Nc2c(C(=O)O)oc3ccc(-c4cnn(-c5ccc(C(C)(C)C)cc5)c4)cc23)cc1. The van der Waals surface area contributed by atoms with E-state index < -0.39 is 11.9 Å². The van der Waals surface area contributed by atoms with Crippen LogP contribution >= 0.6 is 0 Å². The van der Waals surface area contributed by atoms with Crippen LogP contribution in [0.5, 0.6) is 0 Å². The van der Waals surface area contributed by atoms with Gasteiger partial charge >= 0.3 is 5.97 Å². The lowest BCUT2D eigenvalue weighted by atomic mass is 9.87. The number of anilines is 1. The second-order valence-electron chi connectivity index (χ2n) is 12.1. The van der Waals surface area contributed by atoms with Crippen molar-refractivity contribution in [2.45, 2.75) is 52.4 Å². The average molecular weight is 536 g/mol. The summed E-state index contributed by atoms with van der Waals surface area (Å²) in [6.07, 6.45) is 3.67. The number of aromatic nitrogens is 2. The first-order valence-corrected chi connectivity index (χ1v) is 13.2. The van der Waals surface area contributed by atoms with Gasteiger partial charge in [-0.05, 0) is 63.9 Å². The summed E-state index contributed by atoms with van der Waals surface area (Å²) in [5.74, 6) is -1.99. The molecule has 2 N–H and O–H groups in total. The zero-order valence-electron chi connectivity index (χ0n) is 23.6. The number of carbonyl (C=O) groups is 2. The van der Waals surface area contributed by atoms with Crippen molar-refractivity contribution in [3.8, 4) is 16.8 Å². The predicted molar refractivity (Wildman–Crippen MR) is 158 cm³/mol. The van der Waals surface area contributed by atoms with E-state index in [4.69, 9.17) is 4.42 Å². The van der Waals surface area contributed by atoms with Gasteiger partial charge < -0.3 is 14.8 Å². The Morgan fingerprint density at radius 3 is 2.00 bits per heavy atom. The van der Waals surface area contributed by atoms with Crippen LogP contribution in [0.3, 0.4) is 0 Å². The first-order chi connectivity index (χ1) is 18.8. The molecule has 5 aromatic rings. The third-order valence-corrected chi connectivity index (χ3v) is 7.05. The highest BCUT2D eigenvalue weighted by molar-refractivity contribution is 6.13. The molecule has 0 fully saturated rings. The number of rotatable bonds is 5. The van der Waals surface area contributed by atoms with Crippen molar-refractivity contribution in [1.82, 2.24) is 9.78 Å². The molecule has 0 atom stereocenters. The molecule has 40 heavy (non-hydrogen) atoms. The number of carbonyl (C=O) groups excluding carboxylic acids is 1. The molecule has 2 heterocycles. The van der Waals surface area contributed by atoms with Gasteiger partial charge in [-0.15, -0.1) is 0 Å². The molecule has 0 aliphatic carbocycles. The fraction of sp³-hybridized carbons (Fsp3) is 0.242. The molecule has 0 aliphatic rings. The minimum absolute atomic E-state index is 0.0493. The van der Waals surface area contributed by atoms with Crippen molar-refractivity contribution in [3.05, 3.63) is 102 Å². The Kier molecular flexibility index (Phi) is 6.62. The van der Waals surface area contributed by atoms with Crippen LogP contribution in [0.2, 0.25) is 0 Å². The monoisotopic (exact) mass is 535 g/mol. The fourth-order valence-electron chi connectivity index (χ4n) is 4.59. The van der Waals surface area contributed by atoms with Gasteiger partial charge in [0, 0.05) is 22.7 Å². The van der Waals surface area contributed by atoms with Gasteiger partial charge in [-0.25, -0.2) is 9.48 Å². The maximum Gasteiger partial charge on any atom is 0.374 e. The van der Waals surface area contributed by atoms with E-state index in [9.17, 15) is 14.7 Å². The maximum atomic E-state index is 13.1. The van der Waals surface area contributed by atoms with Crippen LogP contribution in [0, 0.1) is 0 Å². The number of aromatic carboxylic acids is 1. The van der Waals surface area contributed by atoms with Gasteiger partial charge in [0.05, 0.1) is 11.9 Å². The molecular weight excluding hydrogens is 502 g/mol. The van der Waals surface area contributed by atoms with Gasteiger partial charge in [0.2, 0.25) is 5.76 Å². The van der Waals surface area contributed by atoms with Crippen LogP contribution in [0.25, 0.3) is 27.8 Å². The quantitative estimate of drug-likeness (QED) is 0.239. The summed E-state index contributed by atoms with van der Waals surface area (Å²) in [7, 11) is 0. The number of furan rings is 1. The van der Waals surface area contributed by atoms with Gasteiger partial charge in [-0.2, -0.15) is 5.10 Å². The topological polar surface area (TPSA) is 97.4 Å². The van der Waals surface area contributed by atoms with Crippen molar-refractivity contribution < 1.29 is 19.1 Å². The number of carboxylic acids is 1. The largest absolute Gasteiger partial charge is 0.475 e. The summed E-state index contributed by atoms with van der Waals surface area (Å²) < 4.78 is 7.43. The van der Waals surface area contributed by atoms with Crippen molar-refractivity contribution >= 4 is 28.5 Å². The van der Waals surface area contributed by atoms with Crippen LogP contribution in [-0.2, 0) is 10.8 Å². The molecule has 5 rings (SSSR count). The smallest absolute Gasteiger partial charge is 0.374 e. The lowest BCUT2D eigenvalue weighted by molar-refractivity contribution is 0.0666. The average Bonchev–Trinajstić information content (AvgIpc) is 3.53. The molecule has 7 heteroatoms. The third-order valence-electron chi connectivity index (χ3n) is 7.05. The molecule has 7 nitrogen and oxygen atoms in total. The van der Waals surface area contributed by atoms with E-state index >= 15 is 0 Å². The molecule has 3 aromatic carbocycles. The number of fused-ring (bicyclic) bond motifs is 1. The van der Waals surface area contributed by atoms with Crippen LogP contribution in [0.4, 0.5) is 5.69 Å². The lowest BCUT2D eigenvalue weighted by Crippen LogP contribution is -2.15. The number of hydrogen-bond donors (Lipinski definition) is 2. The van der Waals surface area contributed by atoms with Crippen molar-refractivity contribution in [3.63, 3.8) is 0 Å². The second kappa shape index (κ2) is 9.83. The molecule has 0 radical (unpaired) electrons. The zero-order chi connectivity index (χ0) is 28.8. The van der Waals surface area contributed by atoms with Gasteiger partial charge in [-0.3, -0.25) is 4.79 Å². The van der Waals surface area contributed by atoms with E-state index in [0.29, 0.717) is 16.5 Å². The molecule has 204 valence electrons. The predicted octanol–water partition coefficient (Wildman–Crippen LogP) is 7.83. The number of carboxylic acid groups (broad SMARTS) is 1. The van der Waals surface area contributed by atoms with Crippen LogP contribution in [0.1, 0.15) is 73.6 Å². The zero-order valence-corrected chi connectivity index (χ0v) is 23.6. The fourth-order valence-corrected chi connectivity index (χ4v) is 4.59. The minimum Gasteiger partial charge on any atom is -0.475 e. The summed E-state index contributed by atoms with van der Waals surface area (Å²) in [5, 5.41) is 17.6. The highest BCUT2D eigenvalue weighted by Crippen LogP contribution is 2.35. The Morgan fingerprint density at radius 2 is 1.43 bits per heavy atom. The minimum atomic E-state index is -1.26. The van der Waals surface area contributed by atoms with Crippen molar-refractivity contribution in [1.29, 1.82) is 0 Å². The number of benzene rings is 3. The Hall–Kier alpha value is -4.65. The van der Waals surface area contributed by atoms with Gasteiger partial charge in [0.1, 0.15) is 11.3 Å². The van der Waals surface area contributed by atoms with E-state index in [-0.39, 0.29) is 22.3 Å². The van der Waals surface area contributed by atoms with Crippen molar-refractivity contribution in [2.75, 3.05) is 5.32 Å². The summed E-state index contributed by atoms with van der Waals surface area (Å²) in [5.41, 5.74) is 5.85. The molecule has 0 saturated carbocycles. The molecule has 0 unspecified atom stereocenters. The van der Waals surface area contributed by atoms with Gasteiger partial charge in [-0.1, -0.05) is 71.9 Å². The van der Waals surface area contributed by atoms with E-state index in [1.54, 1.807) is 29.1 Å². The number of amides is 1. The van der Waals surface area contributed by atoms with Gasteiger partial charge in [0.15, 0.2) is 0 Å². The molecular formula is C33H33N3O4. The Labute approximate surface area is 233 Å². The first kappa shape index (κ1) is 26.9. The highest BCUT2D eigenvalue weighted by Gasteiger charge is 2.23. The second-order valence-corrected chi connectivity index (χ2v) is 12.1. The number of nitrogens with one attached hydrogen (secondary N) is 1.